The fourth-order valence-electron chi connectivity index (χ4n) is 2.53. The first kappa shape index (κ1) is 15.2. The Kier molecular flexibility index (Phi) is 4.97. The summed E-state index contributed by atoms with van der Waals surface area (Å²) in [6.45, 7) is 9.69. The molecule has 1 rings (SSSR count). The van der Waals surface area contributed by atoms with Crippen molar-refractivity contribution in [1.82, 2.24) is 0 Å². The number of carbonyl (C=O) groups is 2. The van der Waals surface area contributed by atoms with E-state index in [-0.39, 0.29) is 21.6 Å². The van der Waals surface area contributed by atoms with Crippen molar-refractivity contribution in [3.8, 4) is 0 Å². The molecular formula is C15H22O2S. The minimum absolute atomic E-state index is 0.0528. The molecule has 0 fully saturated rings. The summed E-state index contributed by atoms with van der Waals surface area (Å²) in [6.07, 6.45) is 5.50. The molecular weight excluding hydrogens is 244 g/mol. The molecule has 0 saturated heterocycles. The molecule has 0 saturated carbocycles. The van der Waals surface area contributed by atoms with Gasteiger partial charge in [0, 0.05) is 24.2 Å². The van der Waals surface area contributed by atoms with Crippen LogP contribution >= 0.6 is 11.8 Å². The lowest BCUT2D eigenvalue weighted by molar-refractivity contribution is -0.116. The van der Waals surface area contributed by atoms with Gasteiger partial charge in [0.15, 0.2) is 10.9 Å². The Morgan fingerprint density at radius 3 is 2.56 bits per heavy atom. The molecule has 0 N–H and O–H groups in total. The van der Waals surface area contributed by atoms with Crippen LogP contribution in [-0.4, -0.2) is 16.1 Å². The predicted octanol–water partition coefficient (Wildman–Crippen LogP) is 3.92. The van der Waals surface area contributed by atoms with E-state index in [4.69, 9.17) is 0 Å². The van der Waals surface area contributed by atoms with Crippen molar-refractivity contribution in [2.75, 3.05) is 0 Å². The highest BCUT2D eigenvalue weighted by Gasteiger charge is 2.31. The first-order valence-corrected chi connectivity index (χ1v) is 7.20. The fourth-order valence-corrected chi connectivity index (χ4v) is 3.34. The van der Waals surface area contributed by atoms with Gasteiger partial charge in [-0.2, -0.15) is 0 Å². The molecule has 0 radical (unpaired) electrons. The second kappa shape index (κ2) is 5.87. The Morgan fingerprint density at radius 2 is 2.06 bits per heavy atom. The Morgan fingerprint density at radius 1 is 1.44 bits per heavy atom. The molecule has 0 aromatic rings. The first-order chi connectivity index (χ1) is 8.24. The highest BCUT2D eigenvalue weighted by molar-refractivity contribution is 8.14. The SMILES string of the molecule is CC(=O)SC(C)CC(=O)C1=C(C)C=CCC1(C)C. The van der Waals surface area contributed by atoms with Gasteiger partial charge < -0.3 is 0 Å². The molecule has 0 bridgehead atoms. The largest absolute Gasteiger partial charge is 0.294 e. The van der Waals surface area contributed by atoms with Gasteiger partial charge in [-0.1, -0.05) is 44.7 Å². The van der Waals surface area contributed by atoms with Gasteiger partial charge in [-0.25, -0.2) is 0 Å². The van der Waals surface area contributed by atoms with Gasteiger partial charge in [-0.15, -0.1) is 0 Å². The Bertz CT molecular complexity index is 416. The average Bonchev–Trinajstić information content (AvgIpc) is 2.13. The summed E-state index contributed by atoms with van der Waals surface area (Å²) >= 11 is 1.25. The number of hydrogen-bond donors (Lipinski definition) is 0. The third-order valence-corrected chi connectivity index (χ3v) is 4.09. The van der Waals surface area contributed by atoms with Gasteiger partial charge in [0.25, 0.3) is 0 Å². The minimum atomic E-state index is -0.0868. The van der Waals surface area contributed by atoms with E-state index in [0.29, 0.717) is 6.42 Å². The van der Waals surface area contributed by atoms with E-state index in [9.17, 15) is 9.59 Å². The molecule has 0 aliphatic heterocycles. The molecule has 0 heterocycles. The van der Waals surface area contributed by atoms with Gasteiger partial charge in [0.05, 0.1) is 0 Å². The van der Waals surface area contributed by atoms with Gasteiger partial charge in [0.2, 0.25) is 0 Å². The second-order valence-corrected chi connectivity index (χ2v) is 7.21. The number of ketones is 1. The van der Waals surface area contributed by atoms with Crippen molar-refractivity contribution < 1.29 is 9.59 Å². The Labute approximate surface area is 114 Å². The molecule has 100 valence electrons. The summed E-state index contributed by atoms with van der Waals surface area (Å²) < 4.78 is 0. The number of carbonyl (C=O) groups excluding carboxylic acids is 2. The van der Waals surface area contributed by atoms with Crippen molar-refractivity contribution in [1.29, 1.82) is 0 Å². The van der Waals surface area contributed by atoms with E-state index in [2.05, 4.69) is 19.9 Å². The van der Waals surface area contributed by atoms with E-state index < -0.39 is 0 Å². The van der Waals surface area contributed by atoms with Crippen molar-refractivity contribution in [2.24, 2.45) is 5.41 Å². The summed E-state index contributed by atoms with van der Waals surface area (Å²) in [7, 11) is 0. The van der Waals surface area contributed by atoms with Crippen LogP contribution in [0.4, 0.5) is 0 Å². The maximum absolute atomic E-state index is 12.4. The van der Waals surface area contributed by atoms with E-state index in [1.165, 1.54) is 11.8 Å². The van der Waals surface area contributed by atoms with E-state index in [1.54, 1.807) is 6.92 Å². The van der Waals surface area contributed by atoms with Crippen LogP contribution in [0.2, 0.25) is 0 Å². The van der Waals surface area contributed by atoms with E-state index in [0.717, 1.165) is 17.6 Å². The lowest BCUT2D eigenvalue weighted by Crippen LogP contribution is -2.26. The van der Waals surface area contributed by atoms with E-state index >= 15 is 0 Å². The highest BCUT2D eigenvalue weighted by atomic mass is 32.2. The van der Waals surface area contributed by atoms with Crippen LogP contribution in [0, 0.1) is 5.41 Å². The van der Waals surface area contributed by atoms with Gasteiger partial charge >= 0.3 is 0 Å². The van der Waals surface area contributed by atoms with Crippen molar-refractivity contribution in [2.45, 2.75) is 52.7 Å². The zero-order valence-electron chi connectivity index (χ0n) is 11.9. The van der Waals surface area contributed by atoms with Crippen molar-refractivity contribution >= 4 is 22.7 Å². The summed E-state index contributed by atoms with van der Waals surface area (Å²) in [5.74, 6) is 0.183. The molecule has 0 spiro atoms. The third-order valence-electron chi connectivity index (χ3n) is 3.19. The number of thioether (sulfide) groups is 1. The summed E-state index contributed by atoms with van der Waals surface area (Å²) in [5, 5.41) is 0.126. The smallest absolute Gasteiger partial charge is 0.186 e. The molecule has 2 nitrogen and oxygen atoms in total. The number of rotatable bonds is 4. The van der Waals surface area contributed by atoms with Crippen molar-refractivity contribution in [3.63, 3.8) is 0 Å². The highest BCUT2D eigenvalue weighted by Crippen LogP contribution is 2.38. The van der Waals surface area contributed by atoms with Crippen LogP contribution in [-0.2, 0) is 9.59 Å². The van der Waals surface area contributed by atoms with Gasteiger partial charge in [0.1, 0.15) is 0 Å². The topological polar surface area (TPSA) is 34.1 Å². The molecule has 1 atom stereocenters. The molecule has 1 aliphatic rings. The second-order valence-electron chi connectivity index (χ2n) is 5.60. The number of Topliss-reactive ketones (excluding diaryl/α,β-unsaturated/α-hetero) is 1. The maximum atomic E-state index is 12.4. The normalized spacial score (nSPS) is 19.8. The van der Waals surface area contributed by atoms with Crippen LogP contribution in [0.5, 0.6) is 0 Å². The van der Waals surface area contributed by atoms with Crippen LogP contribution in [0.15, 0.2) is 23.3 Å². The Balaban J connectivity index is 2.83. The number of allylic oxidation sites excluding steroid dienone is 4. The third kappa shape index (κ3) is 3.84. The van der Waals surface area contributed by atoms with Crippen LogP contribution < -0.4 is 0 Å². The quantitative estimate of drug-likeness (QED) is 0.773. The monoisotopic (exact) mass is 266 g/mol. The summed E-state index contributed by atoms with van der Waals surface area (Å²) in [4.78, 5) is 23.4. The van der Waals surface area contributed by atoms with Crippen molar-refractivity contribution in [3.05, 3.63) is 23.3 Å². The molecule has 0 aromatic carbocycles. The fraction of sp³-hybridized carbons (Fsp3) is 0.600. The summed E-state index contributed by atoms with van der Waals surface area (Å²) in [5.41, 5.74) is 1.91. The van der Waals surface area contributed by atoms with Crippen LogP contribution in [0.3, 0.4) is 0 Å². The number of hydrogen-bond acceptors (Lipinski definition) is 3. The van der Waals surface area contributed by atoms with Gasteiger partial charge in [-0.3, -0.25) is 9.59 Å². The first-order valence-electron chi connectivity index (χ1n) is 6.32. The standard InChI is InChI=1S/C15H22O2S/c1-10-7-6-8-15(4,5)14(10)13(17)9-11(2)18-12(3)16/h6-7,11H,8-9H2,1-5H3. The van der Waals surface area contributed by atoms with Gasteiger partial charge in [-0.05, 0) is 24.3 Å². The lowest BCUT2D eigenvalue weighted by Gasteiger charge is -2.31. The predicted molar refractivity (Wildman–Crippen MR) is 77.6 cm³/mol. The van der Waals surface area contributed by atoms with Crippen LogP contribution in [0.1, 0.15) is 47.5 Å². The maximum Gasteiger partial charge on any atom is 0.186 e. The minimum Gasteiger partial charge on any atom is -0.294 e. The molecule has 18 heavy (non-hydrogen) atoms. The molecule has 0 amide bonds. The molecule has 1 unspecified atom stereocenters. The molecule has 3 heteroatoms. The zero-order chi connectivity index (χ0) is 13.9. The molecule has 1 aliphatic carbocycles. The zero-order valence-corrected chi connectivity index (χ0v) is 12.7. The Hall–Kier alpha value is -0.830. The van der Waals surface area contributed by atoms with E-state index in [1.807, 2.05) is 19.9 Å². The average molecular weight is 266 g/mol. The lowest BCUT2D eigenvalue weighted by atomic mass is 9.73. The summed E-state index contributed by atoms with van der Waals surface area (Å²) in [6, 6.07) is 0. The molecule has 0 aromatic heterocycles. The van der Waals surface area contributed by atoms with Crippen LogP contribution in [0.25, 0.3) is 0 Å².